The number of ether oxygens (including phenoxy) is 1. The smallest absolute Gasteiger partial charge is 0.323 e. The van der Waals surface area contributed by atoms with Gasteiger partial charge in [0, 0.05) is 0 Å². The van der Waals surface area contributed by atoms with Crippen molar-refractivity contribution in [2.24, 2.45) is 11.7 Å². The molecule has 70 valence electrons. The summed E-state index contributed by atoms with van der Waals surface area (Å²) in [6.45, 7) is 2.23. The fourth-order valence-corrected chi connectivity index (χ4v) is 1.75. The molecular formula is C9H17NO2. The Labute approximate surface area is 73.3 Å². The maximum atomic E-state index is 11.2. The highest BCUT2D eigenvalue weighted by molar-refractivity contribution is 5.75. The van der Waals surface area contributed by atoms with Gasteiger partial charge in [-0.2, -0.15) is 0 Å². The van der Waals surface area contributed by atoms with Crippen LogP contribution < -0.4 is 5.73 Å². The van der Waals surface area contributed by atoms with Gasteiger partial charge in [0.2, 0.25) is 0 Å². The van der Waals surface area contributed by atoms with Gasteiger partial charge in [0.25, 0.3) is 0 Å². The Bertz CT molecular complexity index is 153. The zero-order chi connectivity index (χ0) is 8.97. The lowest BCUT2D eigenvalue weighted by molar-refractivity contribution is -0.146. The molecule has 0 spiro atoms. The number of nitrogens with two attached hydrogens (primary N) is 1. The van der Waals surface area contributed by atoms with Crippen LogP contribution in [0.5, 0.6) is 0 Å². The SMILES string of the molecule is CCOC(=O)C(N)C1CCCC1. The predicted molar refractivity (Wildman–Crippen MR) is 46.6 cm³/mol. The summed E-state index contributed by atoms with van der Waals surface area (Å²) >= 11 is 0. The highest BCUT2D eigenvalue weighted by atomic mass is 16.5. The Hall–Kier alpha value is -0.570. The molecule has 0 radical (unpaired) electrons. The van der Waals surface area contributed by atoms with Gasteiger partial charge in [0.05, 0.1) is 6.61 Å². The lowest BCUT2D eigenvalue weighted by Crippen LogP contribution is -2.38. The van der Waals surface area contributed by atoms with Gasteiger partial charge in [-0.25, -0.2) is 0 Å². The van der Waals surface area contributed by atoms with Crippen LogP contribution in [0.3, 0.4) is 0 Å². The Morgan fingerprint density at radius 1 is 1.58 bits per heavy atom. The molecule has 1 unspecified atom stereocenters. The molecule has 3 nitrogen and oxygen atoms in total. The molecule has 1 atom stereocenters. The van der Waals surface area contributed by atoms with Gasteiger partial charge in [0.1, 0.15) is 6.04 Å². The van der Waals surface area contributed by atoms with E-state index in [4.69, 9.17) is 10.5 Å². The second-order valence-electron chi connectivity index (χ2n) is 3.32. The van der Waals surface area contributed by atoms with Crippen LogP contribution in [0.25, 0.3) is 0 Å². The third kappa shape index (κ3) is 2.21. The minimum Gasteiger partial charge on any atom is -0.465 e. The first-order chi connectivity index (χ1) is 5.75. The second kappa shape index (κ2) is 4.45. The molecule has 1 rings (SSSR count). The van der Waals surface area contributed by atoms with E-state index in [0.29, 0.717) is 12.5 Å². The van der Waals surface area contributed by atoms with E-state index in [0.717, 1.165) is 12.8 Å². The molecule has 0 aromatic rings. The standard InChI is InChI=1S/C9H17NO2/c1-2-12-9(11)8(10)7-5-3-4-6-7/h7-8H,2-6,10H2,1H3. The Kier molecular flexibility index (Phi) is 3.53. The molecule has 0 bridgehead atoms. The van der Waals surface area contributed by atoms with Crippen molar-refractivity contribution in [3.8, 4) is 0 Å². The average Bonchev–Trinajstić information content (AvgIpc) is 2.55. The molecule has 0 amide bonds. The number of esters is 1. The van der Waals surface area contributed by atoms with Gasteiger partial charge in [-0.1, -0.05) is 12.8 Å². The van der Waals surface area contributed by atoms with E-state index in [1.807, 2.05) is 0 Å². The minimum atomic E-state index is -0.382. The summed E-state index contributed by atoms with van der Waals surface area (Å²) in [5.74, 6) is 0.133. The molecule has 12 heavy (non-hydrogen) atoms. The van der Waals surface area contributed by atoms with Gasteiger partial charge < -0.3 is 10.5 Å². The minimum absolute atomic E-state index is 0.232. The van der Waals surface area contributed by atoms with E-state index in [1.165, 1.54) is 12.8 Å². The summed E-state index contributed by atoms with van der Waals surface area (Å²) < 4.78 is 4.85. The third-order valence-corrected chi connectivity index (χ3v) is 2.47. The van der Waals surface area contributed by atoms with Crippen molar-refractivity contribution < 1.29 is 9.53 Å². The average molecular weight is 171 g/mol. The lowest BCUT2D eigenvalue weighted by Gasteiger charge is -2.16. The lowest BCUT2D eigenvalue weighted by atomic mass is 9.99. The van der Waals surface area contributed by atoms with E-state index < -0.39 is 0 Å². The molecule has 1 aliphatic rings. The molecule has 0 aliphatic heterocycles. The molecule has 0 saturated heterocycles. The van der Waals surface area contributed by atoms with Gasteiger partial charge in [-0.15, -0.1) is 0 Å². The Morgan fingerprint density at radius 3 is 2.67 bits per heavy atom. The topological polar surface area (TPSA) is 52.3 Å². The zero-order valence-corrected chi connectivity index (χ0v) is 7.58. The van der Waals surface area contributed by atoms with Crippen molar-refractivity contribution >= 4 is 5.97 Å². The van der Waals surface area contributed by atoms with E-state index in [9.17, 15) is 4.79 Å². The molecule has 1 saturated carbocycles. The summed E-state index contributed by atoms with van der Waals surface area (Å²) in [4.78, 5) is 11.2. The zero-order valence-electron chi connectivity index (χ0n) is 7.58. The number of rotatable bonds is 3. The number of carbonyl (C=O) groups excluding carboxylic acids is 1. The molecule has 1 fully saturated rings. The number of hydrogen-bond donors (Lipinski definition) is 1. The third-order valence-electron chi connectivity index (χ3n) is 2.47. The molecular weight excluding hydrogens is 154 g/mol. The maximum absolute atomic E-state index is 11.2. The van der Waals surface area contributed by atoms with Gasteiger partial charge in [-0.3, -0.25) is 4.79 Å². The van der Waals surface area contributed by atoms with E-state index >= 15 is 0 Å². The van der Waals surface area contributed by atoms with Gasteiger partial charge in [-0.05, 0) is 25.7 Å². The summed E-state index contributed by atoms with van der Waals surface area (Å²) in [6.07, 6.45) is 4.58. The van der Waals surface area contributed by atoms with Crippen molar-refractivity contribution in [2.45, 2.75) is 38.6 Å². The van der Waals surface area contributed by atoms with Crippen LogP contribution in [0.1, 0.15) is 32.6 Å². The highest BCUT2D eigenvalue weighted by Gasteiger charge is 2.27. The summed E-state index contributed by atoms with van der Waals surface area (Å²) in [5, 5.41) is 0. The first-order valence-electron chi connectivity index (χ1n) is 4.68. The van der Waals surface area contributed by atoms with Crippen LogP contribution in [0.4, 0.5) is 0 Å². The molecule has 0 aromatic heterocycles. The van der Waals surface area contributed by atoms with Gasteiger partial charge >= 0.3 is 5.97 Å². The first-order valence-corrected chi connectivity index (χ1v) is 4.68. The van der Waals surface area contributed by atoms with Crippen molar-refractivity contribution in [1.29, 1.82) is 0 Å². The predicted octanol–water partition coefficient (Wildman–Crippen LogP) is 1.07. The Balaban J connectivity index is 2.34. The molecule has 0 aromatic carbocycles. The number of hydrogen-bond acceptors (Lipinski definition) is 3. The largest absolute Gasteiger partial charge is 0.465 e. The van der Waals surface area contributed by atoms with E-state index in [1.54, 1.807) is 6.92 Å². The van der Waals surface area contributed by atoms with Crippen molar-refractivity contribution in [1.82, 2.24) is 0 Å². The number of carbonyl (C=O) groups is 1. The summed E-state index contributed by atoms with van der Waals surface area (Å²) in [6, 6.07) is -0.382. The van der Waals surface area contributed by atoms with Crippen LogP contribution >= 0.6 is 0 Å². The van der Waals surface area contributed by atoms with E-state index in [2.05, 4.69) is 0 Å². The van der Waals surface area contributed by atoms with Crippen LogP contribution in [0.2, 0.25) is 0 Å². The van der Waals surface area contributed by atoms with Crippen molar-refractivity contribution in [3.05, 3.63) is 0 Å². The van der Waals surface area contributed by atoms with Crippen molar-refractivity contribution in [3.63, 3.8) is 0 Å². The summed E-state index contributed by atoms with van der Waals surface area (Å²) in [5.41, 5.74) is 5.73. The second-order valence-corrected chi connectivity index (χ2v) is 3.32. The van der Waals surface area contributed by atoms with Crippen LogP contribution in [0, 0.1) is 5.92 Å². The fraction of sp³-hybridized carbons (Fsp3) is 0.889. The Morgan fingerprint density at radius 2 is 2.17 bits per heavy atom. The maximum Gasteiger partial charge on any atom is 0.323 e. The quantitative estimate of drug-likeness (QED) is 0.646. The molecule has 2 N–H and O–H groups in total. The van der Waals surface area contributed by atoms with Crippen molar-refractivity contribution in [2.75, 3.05) is 6.61 Å². The van der Waals surface area contributed by atoms with Crippen LogP contribution in [-0.2, 0) is 9.53 Å². The van der Waals surface area contributed by atoms with E-state index in [-0.39, 0.29) is 12.0 Å². The monoisotopic (exact) mass is 171 g/mol. The highest BCUT2D eigenvalue weighted by Crippen LogP contribution is 2.27. The normalized spacial score (nSPS) is 20.8. The molecule has 0 heterocycles. The molecule has 1 aliphatic carbocycles. The van der Waals surface area contributed by atoms with Crippen LogP contribution in [0.15, 0.2) is 0 Å². The van der Waals surface area contributed by atoms with Gasteiger partial charge in [0.15, 0.2) is 0 Å². The summed E-state index contributed by atoms with van der Waals surface area (Å²) in [7, 11) is 0. The molecule has 3 heteroatoms. The first kappa shape index (κ1) is 9.52. The fourth-order valence-electron chi connectivity index (χ4n) is 1.75. The van der Waals surface area contributed by atoms with Crippen LogP contribution in [-0.4, -0.2) is 18.6 Å².